The number of benzene rings is 1. The molecule has 0 unspecified atom stereocenters. The summed E-state index contributed by atoms with van der Waals surface area (Å²) in [5.74, 6) is 0.00100. The molecule has 8 heteroatoms. The molecule has 1 fully saturated rings. The van der Waals surface area contributed by atoms with Crippen molar-refractivity contribution in [2.45, 2.75) is 25.4 Å². The second kappa shape index (κ2) is 6.87. The minimum Gasteiger partial charge on any atom is -0.330 e. The Morgan fingerprint density at radius 1 is 1.24 bits per heavy atom. The van der Waals surface area contributed by atoms with E-state index in [9.17, 15) is 18.0 Å². The van der Waals surface area contributed by atoms with E-state index in [0.717, 1.165) is 36.2 Å². The zero-order valence-electron chi connectivity index (χ0n) is 13.5. The first-order valence-electron chi connectivity index (χ1n) is 8.12. The molecule has 5 nitrogen and oxygen atoms in total. The third-order valence-electron chi connectivity index (χ3n) is 4.61. The van der Waals surface area contributed by atoms with Crippen molar-refractivity contribution in [1.29, 1.82) is 0 Å². The SMILES string of the molecule is NC[C@H]1CCC[C@H]1C(=O)Nc1ccc(-n2nccc2C(F)(F)F)cc1. The number of carbonyl (C=O) groups is 1. The van der Waals surface area contributed by atoms with Crippen LogP contribution in [0.2, 0.25) is 0 Å². The van der Waals surface area contributed by atoms with Gasteiger partial charge in [0.15, 0.2) is 0 Å². The number of anilines is 1. The van der Waals surface area contributed by atoms with Crippen molar-refractivity contribution >= 4 is 11.6 Å². The van der Waals surface area contributed by atoms with Gasteiger partial charge in [-0.15, -0.1) is 0 Å². The van der Waals surface area contributed by atoms with Crippen molar-refractivity contribution in [1.82, 2.24) is 9.78 Å². The maximum Gasteiger partial charge on any atom is 0.433 e. The van der Waals surface area contributed by atoms with Crippen LogP contribution in [-0.4, -0.2) is 22.2 Å². The molecule has 1 amide bonds. The Morgan fingerprint density at radius 3 is 2.60 bits per heavy atom. The molecular weight excluding hydrogens is 333 g/mol. The third-order valence-corrected chi connectivity index (χ3v) is 4.61. The first-order chi connectivity index (χ1) is 11.9. The molecule has 1 aromatic carbocycles. The molecular formula is C17H19F3N4O. The molecule has 1 aliphatic rings. The van der Waals surface area contributed by atoms with E-state index in [-0.39, 0.29) is 23.4 Å². The van der Waals surface area contributed by atoms with Gasteiger partial charge in [-0.2, -0.15) is 18.3 Å². The molecule has 0 radical (unpaired) electrons. The molecule has 3 N–H and O–H groups in total. The highest BCUT2D eigenvalue weighted by Crippen LogP contribution is 2.32. The summed E-state index contributed by atoms with van der Waals surface area (Å²) in [5, 5.41) is 6.54. The molecule has 0 spiro atoms. The molecule has 1 aliphatic carbocycles. The van der Waals surface area contributed by atoms with Crippen LogP contribution < -0.4 is 11.1 Å². The zero-order chi connectivity index (χ0) is 18.0. The molecule has 25 heavy (non-hydrogen) atoms. The topological polar surface area (TPSA) is 72.9 Å². The summed E-state index contributed by atoms with van der Waals surface area (Å²) in [4.78, 5) is 12.4. The monoisotopic (exact) mass is 352 g/mol. The summed E-state index contributed by atoms with van der Waals surface area (Å²) in [5.41, 5.74) is 5.66. The lowest BCUT2D eigenvalue weighted by Gasteiger charge is -2.17. The van der Waals surface area contributed by atoms with Gasteiger partial charge in [-0.25, -0.2) is 4.68 Å². The van der Waals surface area contributed by atoms with E-state index >= 15 is 0 Å². The Bertz CT molecular complexity index is 739. The van der Waals surface area contributed by atoms with Crippen molar-refractivity contribution in [2.75, 3.05) is 11.9 Å². The predicted octanol–water partition coefficient (Wildman–Crippen LogP) is 3.20. The zero-order valence-corrected chi connectivity index (χ0v) is 13.5. The van der Waals surface area contributed by atoms with E-state index in [4.69, 9.17) is 5.73 Å². The molecule has 1 heterocycles. The van der Waals surface area contributed by atoms with Crippen LogP contribution >= 0.6 is 0 Å². The van der Waals surface area contributed by atoms with Gasteiger partial charge in [0.25, 0.3) is 0 Å². The molecule has 0 saturated heterocycles. The van der Waals surface area contributed by atoms with Gasteiger partial charge in [0.1, 0.15) is 5.69 Å². The summed E-state index contributed by atoms with van der Waals surface area (Å²) < 4.78 is 39.6. The molecule has 0 aliphatic heterocycles. The number of nitrogens with two attached hydrogens (primary N) is 1. The van der Waals surface area contributed by atoms with E-state index in [1.54, 1.807) is 12.1 Å². The van der Waals surface area contributed by atoms with Gasteiger partial charge in [-0.3, -0.25) is 4.79 Å². The van der Waals surface area contributed by atoms with Crippen LogP contribution in [0.25, 0.3) is 5.69 Å². The van der Waals surface area contributed by atoms with Gasteiger partial charge in [-0.1, -0.05) is 6.42 Å². The third kappa shape index (κ3) is 3.68. The maximum absolute atomic E-state index is 12.9. The number of aromatic nitrogens is 2. The highest BCUT2D eigenvalue weighted by molar-refractivity contribution is 5.93. The number of hydrogen-bond donors (Lipinski definition) is 2. The Labute approximate surface area is 143 Å². The van der Waals surface area contributed by atoms with Crippen molar-refractivity contribution in [3.8, 4) is 5.69 Å². The summed E-state index contributed by atoms with van der Waals surface area (Å²) in [6.07, 6.45) is -0.631. The Kier molecular flexibility index (Phi) is 4.80. The standard InChI is InChI=1S/C17H19F3N4O/c18-17(19,20)15-8-9-22-24(15)13-6-4-12(5-7-13)23-16(25)14-3-1-2-11(14)10-21/h4-9,11,14H,1-3,10,21H2,(H,23,25)/t11-,14-/m1/s1. The number of alkyl halides is 3. The highest BCUT2D eigenvalue weighted by Gasteiger charge is 2.35. The quantitative estimate of drug-likeness (QED) is 0.887. The van der Waals surface area contributed by atoms with Crippen molar-refractivity contribution in [3.63, 3.8) is 0 Å². The van der Waals surface area contributed by atoms with Crippen molar-refractivity contribution in [2.24, 2.45) is 17.6 Å². The van der Waals surface area contributed by atoms with Crippen molar-refractivity contribution < 1.29 is 18.0 Å². The summed E-state index contributed by atoms with van der Waals surface area (Å²) >= 11 is 0. The number of carbonyl (C=O) groups excluding carboxylic acids is 1. The van der Waals surface area contributed by atoms with Crippen LogP contribution in [0.1, 0.15) is 25.0 Å². The summed E-state index contributed by atoms with van der Waals surface area (Å²) in [7, 11) is 0. The van der Waals surface area contributed by atoms with Gasteiger partial charge in [0, 0.05) is 11.6 Å². The van der Waals surface area contributed by atoms with Crippen LogP contribution in [0, 0.1) is 11.8 Å². The fourth-order valence-electron chi connectivity index (χ4n) is 3.31. The molecule has 3 rings (SSSR count). The van der Waals surface area contributed by atoms with Crippen LogP contribution in [0.4, 0.5) is 18.9 Å². The second-order valence-corrected chi connectivity index (χ2v) is 6.20. The van der Waals surface area contributed by atoms with Gasteiger partial charge >= 0.3 is 6.18 Å². The molecule has 0 bridgehead atoms. The lowest BCUT2D eigenvalue weighted by atomic mass is 9.95. The van der Waals surface area contributed by atoms with Gasteiger partial charge in [-0.05, 0) is 55.6 Å². The molecule has 2 aromatic rings. The average molecular weight is 352 g/mol. The summed E-state index contributed by atoms with van der Waals surface area (Å²) in [6.45, 7) is 0.483. The largest absolute Gasteiger partial charge is 0.433 e. The first kappa shape index (κ1) is 17.5. The normalized spacial score (nSPS) is 20.6. The van der Waals surface area contributed by atoms with Crippen LogP contribution in [-0.2, 0) is 11.0 Å². The smallest absolute Gasteiger partial charge is 0.330 e. The lowest BCUT2D eigenvalue weighted by Crippen LogP contribution is -2.29. The minimum absolute atomic E-state index is 0.0873. The van der Waals surface area contributed by atoms with Crippen LogP contribution in [0.3, 0.4) is 0 Å². The van der Waals surface area contributed by atoms with E-state index in [2.05, 4.69) is 10.4 Å². The Hall–Kier alpha value is -2.35. The Balaban J connectivity index is 1.73. The number of rotatable bonds is 4. The number of amides is 1. The van der Waals surface area contributed by atoms with Crippen molar-refractivity contribution in [3.05, 3.63) is 42.2 Å². The van der Waals surface area contributed by atoms with E-state index < -0.39 is 11.9 Å². The second-order valence-electron chi connectivity index (χ2n) is 6.20. The number of hydrogen-bond acceptors (Lipinski definition) is 3. The number of nitrogens with one attached hydrogen (secondary N) is 1. The van der Waals surface area contributed by atoms with E-state index in [1.807, 2.05) is 0 Å². The fraction of sp³-hybridized carbons (Fsp3) is 0.412. The Morgan fingerprint density at radius 2 is 1.96 bits per heavy atom. The van der Waals surface area contributed by atoms with Gasteiger partial charge in [0.2, 0.25) is 5.91 Å². The van der Waals surface area contributed by atoms with Crippen LogP contribution in [0.15, 0.2) is 36.5 Å². The van der Waals surface area contributed by atoms with E-state index in [0.29, 0.717) is 12.2 Å². The fourth-order valence-corrected chi connectivity index (χ4v) is 3.31. The molecule has 1 saturated carbocycles. The maximum atomic E-state index is 12.9. The van der Waals surface area contributed by atoms with Gasteiger partial charge in [0.05, 0.1) is 11.9 Å². The first-order valence-corrected chi connectivity index (χ1v) is 8.12. The number of nitrogens with zero attached hydrogens (tertiary/aromatic N) is 2. The molecule has 134 valence electrons. The van der Waals surface area contributed by atoms with Crippen LogP contribution in [0.5, 0.6) is 0 Å². The molecule has 2 atom stereocenters. The van der Waals surface area contributed by atoms with E-state index in [1.165, 1.54) is 12.1 Å². The molecule has 1 aromatic heterocycles. The minimum atomic E-state index is -4.48. The average Bonchev–Trinajstić information content (AvgIpc) is 3.24. The highest BCUT2D eigenvalue weighted by atomic mass is 19.4. The number of halogens is 3. The predicted molar refractivity (Wildman–Crippen MR) is 87.1 cm³/mol. The lowest BCUT2D eigenvalue weighted by molar-refractivity contribution is -0.142. The summed E-state index contributed by atoms with van der Waals surface area (Å²) in [6, 6.07) is 7.05. The van der Waals surface area contributed by atoms with Gasteiger partial charge < -0.3 is 11.1 Å².